The largest absolute Gasteiger partial charge is 0.366 e. The number of hydrogen-bond donors (Lipinski definition) is 1. The van der Waals surface area contributed by atoms with E-state index in [0.717, 1.165) is 36.0 Å². The van der Waals surface area contributed by atoms with Gasteiger partial charge in [-0.25, -0.2) is 0 Å². The van der Waals surface area contributed by atoms with Crippen LogP contribution in [0.5, 0.6) is 0 Å². The number of ether oxygens (including phenoxy) is 2. The maximum atomic E-state index is 5.86. The highest BCUT2D eigenvalue weighted by Gasteiger charge is 2.41. The van der Waals surface area contributed by atoms with Crippen LogP contribution in [0.3, 0.4) is 0 Å². The summed E-state index contributed by atoms with van der Waals surface area (Å²) < 4.78 is 12.7. The average Bonchev–Trinajstić information content (AvgIpc) is 2.86. The van der Waals surface area contributed by atoms with Gasteiger partial charge in [0.1, 0.15) is 0 Å². The van der Waals surface area contributed by atoms with Crippen LogP contribution in [-0.4, -0.2) is 32.1 Å². The van der Waals surface area contributed by atoms with E-state index in [1.54, 1.807) is 0 Å². The molecule has 3 rings (SSSR count). The van der Waals surface area contributed by atoms with Crippen LogP contribution < -0.4 is 10.6 Å². The SMILES string of the molecule is NCc1cc(Br)ccc1N1CCCC2(C1)OCCO2. The van der Waals surface area contributed by atoms with Crippen LogP contribution in [0.25, 0.3) is 0 Å². The summed E-state index contributed by atoms with van der Waals surface area (Å²) in [6.07, 6.45) is 2.07. The summed E-state index contributed by atoms with van der Waals surface area (Å²) >= 11 is 3.50. The maximum absolute atomic E-state index is 5.86. The summed E-state index contributed by atoms with van der Waals surface area (Å²) in [5.74, 6) is -0.392. The first kappa shape index (κ1) is 13.4. The van der Waals surface area contributed by atoms with Crippen molar-refractivity contribution >= 4 is 21.6 Å². The molecule has 0 saturated carbocycles. The van der Waals surface area contributed by atoms with Gasteiger partial charge in [-0.05, 0) is 30.2 Å². The Morgan fingerprint density at radius 1 is 1.32 bits per heavy atom. The third-order valence-corrected chi connectivity index (χ3v) is 4.33. The lowest BCUT2D eigenvalue weighted by atomic mass is 10.0. The van der Waals surface area contributed by atoms with Crippen molar-refractivity contribution in [3.63, 3.8) is 0 Å². The predicted octanol–water partition coefficient (Wildman–Crippen LogP) is 2.25. The molecule has 0 aliphatic carbocycles. The Bertz CT molecular complexity index is 461. The van der Waals surface area contributed by atoms with Crippen molar-refractivity contribution in [1.82, 2.24) is 0 Å². The monoisotopic (exact) mass is 326 g/mol. The van der Waals surface area contributed by atoms with Crippen molar-refractivity contribution in [2.24, 2.45) is 5.73 Å². The van der Waals surface area contributed by atoms with Gasteiger partial charge in [-0.1, -0.05) is 15.9 Å². The van der Waals surface area contributed by atoms with Crippen LogP contribution in [-0.2, 0) is 16.0 Å². The van der Waals surface area contributed by atoms with Crippen molar-refractivity contribution in [3.8, 4) is 0 Å². The molecule has 0 atom stereocenters. The fraction of sp³-hybridized carbons (Fsp3) is 0.571. The van der Waals surface area contributed by atoms with Crippen molar-refractivity contribution in [2.45, 2.75) is 25.2 Å². The molecule has 0 aromatic heterocycles. The highest BCUT2D eigenvalue weighted by molar-refractivity contribution is 9.10. The Kier molecular flexibility index (Phi) is 3.80. The second-order valence-corrected chi connectivity index (χ2v) is 6.03. The second kappa shape index (κ2) is 5.40. The summed E-state index contributed by atoms with van der Waals surface area (Å²) in [6.45, 7) is 3.78. The number of nitrogens with two attached hydrogens (primary N) is 1. The van der Waals surface area contributed by atoms with Crippen LogP contribution >= 0.6 is 15.9 Å². The minimum Gasteiger partial charge on any atom is -0.366 e. The van der Waals surface area contributed by atoms with Crippen molar-refractivity contribution in [2.75, 3.05) is 31.2 Å². The Labute approximate surface area is 122 Å². The number of benzene rings is 1. The van der Waals surface area contributed by atoms with E-state index in [0.29, 0.717) is 19.8 Å². The zero-order valence-corrected chi connectivity index (χ0v) is 12.5. The van der Waals surface area contributed by atoms with Crippen molar-refractivity contribution in [3.05, 3.63) is 28.2 Å². The van der Waals surface area contributed by atoms with Gasteiger partial charge in [0, 0.05) is 29.7 Å². The molecule has 104 valence electrons. The van der Waals surface area contributed by atoms with Crippen LogP contribution in [0.15, 0.2) is 22.7 Å². The number of anilines is 1. The summed E-state index contributed by atoms with van der Waals surface area (Å²) in [5, 5.41) is 0. The van der Waals surface area contributed by atoms with E-state index < -0.39 is 5.79 Å². The standard InChI is InChI=1S/C14H19BrN2O2/c15-12-2-3-13(11(8-12)9-16)17-5-1-4-14(10-17)18-6-7-19-14/h2-3,8H,1,4-7,9-10,16H2. The van der Waals surface area contributed by atoms with E-state index in [1.165, 1.54) is 5.69 Å². The highest BCUT2D eigenvalue weighted by Crippen LogP contribution is 2.34. The van der Waals surface area contributed by atoms with Gasteiger partial charge in [0.25, 0.3) is 0 Å². The Morgan fingerprint density at radius 3 is 2.84 bits per heavy atom. The summed E-state index contributed by atoms with van der Waals surface area (Å²) in [5.41, 5.74) is 8.22. The second-order valence-electron chi connectivity index (χ2n) is 5.11. The average molecular weight is 327 g/mol. The summed E-state index contributed by atoms with van der Waals surface area (Å²) in [7, 11) is 0. The van der Waals surface area contributed by atoms with Crippen LogP contribution in [0.2, 0.25) is 0 Å². The van der Waals surface area contributed by atoms with Gasteiger partial charge in [0.05, 0.1) is 19.8 Å². The topological polar surface area (TPSA) is 47.7 Å². The van der Waals surface area contributed by atoms with E-state index in [1.807, 2.05) is 0 Å². The number of nitrogens with zero attached hydrogens (tertiary/aromatic N) is 1. The molecule has 0 unspecified atom stereocenters. The van der Waals surface area contributed by atoms with Crippen LogP contribution in [0, 0.1) is 0 Å². The number of rotatable bonds is 2. The minimum absolute atomic E-state index is 0.392. The first-order valence-corrected chi connectivity index (χ1v) is 7.53. The summed E-state index contributed by atoms with van der Waals surface area (Å²) in [4.78, 5) is 2.34. The molecule has 2 fully saturated rings. The van der Waals surface area contributed by atoms with E-state index in [4.69, 9.17) is 15.2 Å². The molecule has 19 heavy (non-hydrogen) atoms. The number of piperidine rings is 1. The molecule has 4 nitrogen and oxygen atoms in total. The maximum Gasteiger partial charge on any atom is 0.186 e. The van der Waals surface area contributed by atoms with Crippen LogP contribution in [0.4, 0.5) is 5.69 Å². The van der Waals surface area contributed by atoms with E-state index >= 15 is 0 Å². The predicted molar refractivity (Wildman–Crippen MR) is 78.1 cm³/mol. The highest BCUT2D eigenvalue weighted by atomic mass is 79.9. The number of hydrogen-bond acceptors (Lipinski definition) is 4. The first-order valence-electron chi connectivity index (χ1n) is 6.74. The molecule has 1 aromatic carbocycles. The minimum atomic E-state index is -0.392. The molecule has 2 N–H and O–H groups in total. The molecule has 2 aliphatic heterocycles. The normalized spacial score (nSPS) is 22.1. The fourth-order valence-corrected chi connectivity index (χ4v) is 3.36. The zero-order valence-electron chi connectivity index (χ0n) is 10.9. The van der Waals surface area contributed by atoms with E-state index in [9.17, 15) is 0 Å². The van der Waals surface area contributed by atoms with Gasteiger partial charge in [-0.15, -0.1) is 0 Å². The molecule has 0 amide bonds. The lowest BCUT2D eigenvalue weighted by molar-refractivity contribution is -0.161. The lowest BCUT2D eigenvalue weighted by Gasteiger charge is -2.40. The zero-order chi connectivity index (χ0) is 13.3. The lowest BCUT2D eigenvalue weighted by Crippen LogP contribution is -2.49. The van der Waals surface area contributed by atoms with Gasteiger partial charge in [-0.2, -0.15) is 0 Å². The molecule has 0 radical (unpaired) electrons. The molecular formula is C14H19BrN2O2. The fourth-order valence-electron chi connectivity index (χ4n) is 2.95. The Balaban J connectivity index is 1.85. The molecule has 2 saturated heterocycles. The summed E-state index contributed by atoms with van der Waals surface area (Å²) in [6, 6.07) is 6.28. The van der Waals surface area contributed by atoms with E-state index in [2.05, 4.69) is 39.0 Å². The van der Waals surface area contributed by atoms with Crippen molar-refractivity contribution in [1.29, 1.82) is 0 Å². The molecular weight excluding hydrogens is 308 g/mol. The van der Waals surface area contributed by atoms with Gasteiger partial charge in [0.15, 0.2) is 5.79 Å². The molecule has 5 heteroatoms. The Morgan fingerprint density at radius 2 is 2.11 bits per heavy atom. The molecule has 2 aliphatic rings. The van der Waals surface area contributed by atoms with Crippen LogP contribution in [0.1, 0.15) is 18.4 Å². The third kappa shape index (κ3) is 2.65. The van der Waals surface area contributed by atoms with Gasteiger partial charge in [-0.3, -0.25) is 0 Å². The van der Waals surface area contributed by atoms with E-state index in [-0.39, 0.29) is 0 Å². The van der Waals surface area contributed by atoms with Crippen molar-refractivity contribution < 1.29 is 9.47 Å². The van der Waals surface area contributed by atoms with Gasteiger partial charge < -0.3 is 20.1 Å². The molecule has 1 aromatic rings. The molecule has 1 spiro atoms. The molecule has 0 bridgehead atoms. The smallest absolute Gasteiger partial charge is 0.186 e. The Hall–Kier alpha value is -0.620. The quantitative estimate of drug-likeness (QED) is 0.905. The van der Waals surface area contributed by atoms with Gasteiger partial charge in [0.2, 0.25) is 0 Å². The molecule has 2 heterocycles. The number of halogens is 1. The third-order valence-electron chi connectivity index (χ3n) is 3.83. The first-order chi connectivity index (χ1) is 9.22. The van der Waals surface area contributed by atoms with Gasteiger partial charge >= 0.3 is 0 Å².